The lowest BCUT2D eigenvalue weighted by atomic mass is 10.0. The highest BCUT2D eigenvalue weighted by molar-refractivity contribution is 5.79. The molecule has 1 amide bonds. The Kier molecular flexibility index (Phi) is 4.78. The minimum atomic E-state index is -0.309. The van der Waals surface area contributed by atoms with E-state index in [1.165, 1.54) is 0 Å². The van der Waals surface area contributed by atoms with Crippen LogP contribution in [0.25, 0.3) is 0 Å². The van der Waals surface area contributed by atoms with Gasteiger partial charge in [-0.1, -0.05) is 36.4 Å². The van der Waals surface area contributed by atoms with Crippen LogP contribution in [-0.2, 0) is 18.3 Å². The Morgan fingerprint density at radius 2 is 1.93 bits per heavy atom. The molecule has 2 aromatic carbocycles. The highest BCUT2D eigenvalue weighted by Crippen LogP contribution is 2.31. The molecule has 1 N–H and O–H groups in total. The number of rotatable bonds is 5. The summed E-state index contributed by atoms with van der Waals surface area (Å²) in [5.41, 5.74) is 1.87. The van der Waals surface area contributed by atoms with Crippen molar-refractivity contribution in [1.29, 1.82) is 0 Å². The second-order valence-corrected chi connectivity index (χ2v) is 6.46. The number of carbonyl (C=O) groups is 1. The Labute approximate surface area is 157 Å². The number of amides is 1. The predicted octanol–water partition coefficient (Wildman–Crippen LogP) is 2.64. The lowest BCUT2D eigenvalue weighted by Gasteiger charge is -2.20. The molecule has 1 aromatic heterocycles. The summed E-state index contributed by atoms with van der Waals surface area (Å²) >= 11 is 0. The van der Waals surface area contributed by atoms with Crippen LogP contribution >= 0.6 is 0 Å². The zero-order valence-corrected chi connectivity index (χ0v) is 15.1. The first kappa shape index (κ1) is 17.1. The lowest BCUT2D eigenvalue weighted by Crippen LogP contribution is -2.32. The van der Waals surface area contributed by atoms with Crippen molar-refractivity contribution >= 4 is 5.91 Å². The molecule has 1 aliphatic heterocycles. The summed E-state index contributed by atoms with van der Waals surface area (Å²) in [4.78, 5) is 17.2. The topological polar surface area (TPSA) is 65.4 Å². The molecule has 0 spiro atoms. The average molecular weight is 363 g/mol. The summed E-state index contributed by atoms with van der Waals surface area (Å²) < 4.78 is 13.1. The highest BCUT2D eigenvalue weighted by atomic mass is 16.6. The summed E-state index contributed by atoms with van der Waals surface area (Å²) in [5.74, 6) is 2.12. The van der Waals surface area contributed by atoms with Gasteiger partial charge in [-0.3, -0.25) is 4.79 Å². The molecule has 0 radical (unpaired) electrons. The minimum absolute atomic E-state index is 0.0801. The van der Waals surface area contributed by atoms with E-state index in [0.717, 1.165) is 22.7 Å². The molecule has 6 heteroatoms. The summed E-state index contributed by atoms with van der Waals surface area (Å²) in [6.07, 6.45) is 3.86. The summed E-state index contributed by atoms with van der Waals surface area (Å²) in [7, 11) is 1.92. The van der Waals surface area contributed by atoms with E-state index in [1.54, 1.807) is 6.20 Å². The van der Waals surface area contributed by atoms with Gasteiger partial charge in [0.25, 0.3) is 0 Å². The van der Waals surface area contributed by atoms with Crippen molar-refractivity contribution in [3.05, 3.63) is 77.9 Å². The van der Waals surface area contributed by atoms with Crippen molar-refractivity contribution in [2.24, 2.45) is 7.05 Å². The van der Waals surface area contributed by atoms with Gasteiger partial charge in [0.05, 0.1) is 6.42 Å². The van der Waals surface area contributed by atoms with E-state index < -0.39 is 0 Å². The number of fused-ring (bicyclic) bond motifs is 1. The molecule has 0 fully saturated rings. The summed E-state index contributed by atoms with van der Waals surface area (Å²) in [6.45, 7) is 1.08. The fraction of sp³-hybridized carbons (Fsp3) is 0.238. The highest BCUT2D eigenvalue weighted by Gasteiger charge is 2.21. The Hall–Kier alpha value is -3.28. The van der Waals surface area contributed by atoms with Gasteiger partial charge in [0, 0.05) is 19.4 Å². The van der Waals surface area contributed by atoms with Gasteiger partial charge in [-0.2, -0.15) is 0 Å². The van der Waals surface area contributed by atoms with Crippen LogP contribution in [0.2, 0.25) is 0 Å². The average Bonchev–Trinajstić information content (AvgIpc) is 3.12. The van der Waals surface area contributed by atoms with E-state index in [-0.39, 0.29) is 18.4 Å². The zero-order chi connectivity index (χ0) is 18.6. The standard InChI is InChI=1S/C21H21N3O3/c1-24-10-9-22-21(24)20(16-5-3-2-4-6-16)23-19(25)14-15-7-8-17-18(13-15)27-12-11-26-17/h2-10,13,20H,11-12,14H2,1H3,(H,23,25). The molecular weight excluding hydrogens is 342 g/mol. The fourth-order valence-corrected chi connectivity index (χ4v) is 3.19. The van der Waals surface area contributed by atoms with Crippen molar-refractivity contribution < 1.29 is 14.3 Å². The van der Waals surface area contributed by atoms with Gasteiger partial charge < -0.3 is 19.4 Å². The van der Waals surface area contributed by atoms with Crippen molar-refractivity contribution in [3.8, 4) is 11.5 Å². The Morgan fingerprint density at radius 1 is 1.15 bits per heavy atom. The molecule has 138 valence electrons. The van der Waals surface area contributed by atoms with E-state index >= 15 is 0 Å². The van der Waals surface area contributed by atoms with Crippen LogP contribution in [0, 0.1) is 0 Å². The maximum atomic E-state index is 12.8. The summed E-state index contributed by atoms with van der Waals surface area (Å²) in [6, 6.07) is 15.2. The number of benzene rings is 2. The molecule has 1 unspecified atom stereocenters. The van der Waals surface area contributed by atoms with Crippen molar-refractivity contribution in [2.45, 2.75) is 12.5 Å². The fourth-order valence-electron chi connectivity index (χ4n) is 3.19. The molecule has 0 saturated heterocycles. The minimum Gasteiger partial charge on any atom is -0.486 e. The first-order valence-corrected chi connectivity index (χ1v) is 8.91. The molecule has 6 nitrogen and oxygen atoms in total. The van der Waals surface area contributed by atoms with Crippen LogP contribution in [0.4, 0.5) is 0 Å². The van der Waals surface area contributed by atoms with E-state index in [2.05, 4.69) is 10.3 Å². The van der Waals surface area contributed by atoms with Crippen LogP contribution in [0.3, 0.4) is 0 Å². The van der Waals surface area contributed by atoms with Crippen LogP contribution in [0.1, 0.15) is 23.0 Å². The second kappa shape index (κ2) is 7.53. The van der Waals surface area contributed by atoms with Crippen LogP contribution < -0.4 is 14.8 Å². The number of ether oxygens (including phenoxy) is 2. The first-order chi connectivity index (χ1) is 13.2. The van der Waals surface area contributed by atoms with Crippen LogP contribution in [0.5, 0.6) is 11.5 Å². The second-order valence-electron chi connectivity index (χ2n) is 6.46. The number of imidazole rings is 1. The molecule has 27 heavy (non-hydrogen) atoms. The van der Waals surface area contributed by atoms with E-state index in [1.807, 2.05) is 66.3 Å². The molecule has 3 aromatic rings. The number of nitrogens with one attached hydrogen (secondary N) is 1. The SMILES string of the molecule is Cn1ccnc1C(NC(=O)Cc1ccc2c(c1)OCCO2)c1ccccc1. The van der Waals surface area contributed by atoms with E-state index in [4.69, 9.17) is 9.47 Å². The molecule has 0 saturated carbocycles. The Morgan fingerprint density at radius 3 is 2.67 bits per heavy atom. The Balaban J connectivity index is 1.53. The molecule has 4 rings (SSSR count). The number of hydrogen-bond donors (Lipinski definition) is 1. The quantitative estimate of drug-likeness (QED) is 0.757. The number of nitrogens with zero attached hydrogens (tertiary/aromatic N) is 2. The largest absolute Gasteiger partial charge is 0.486 e. The van der Waals surface area contributed by atoms with Gasteiger partial charge >= 0.3 is 0 Å². The number of hydrogen-bond acceptors (Lipinski definition) is 4. The van der Waals surface area contributed by atoms with Crippen LogP contribution in [0.15, 0.2) is 60.9 Å². The first-order valence-electron chi connectivity index (χ1n) is 8.91. The normalized spacial score (nSPS) is 13.8. The van der Waals surface area contributed by atoms with Crippen molar-refractivity contribution in [2.75, 3.05) is 13.2 Å². The van der Waals surface area contributed by atoms with Gasteiger partial charge in [-0.15, -0.1) is 0 Å². The lowest BCUT2D eigenvalue weighted by molar-refractivity contribution is -0.121. The van der Waals surface area contributed by atoms with Crippen LogP contribution in [-0.4, -0.2) is 28.7 Å². The molecule has 0 bridgehead atoms. The third-order valence-electron chi connectivity index (χ3n) is 4.53. The smallest absolute Gasteiger partial charge is 0.225 e. The Bertz CT molecular complexity index is 937. The monoisotopic (exact) mass is 363 g/mol. The van der Waals surface area contributed by atoms with Gasteiger partial charge in [-0.25, -0.2) is 4.98 Å². The maximum Gasteiger partial charge on any atom is 0.225 e. The van der Waals surface area contributed by atoms with Gasteiger partial charge in [-0.05, 0) is 23.3 Å². The molecule has 0 aliphatic carbocycles. The van der Waals surface area contributed by atoms with E-state index in [9.17, 15) is 4.79 Å². The molecule has 2 heterocycles. The maximum absolute atomic E-state index is 12.8. The number of aryl methyl sites for hydroxylation is 1. The number of aromatic nitrogens is 2. The van der Waals surface area contributed by atoms with E-state index in [0.29, 0.717) is 19.0 Å². The zero-order valence-electron chi connectivity index (χ0n) is 15.1. The van der Waals surface area contributed by atoms with Crippen molar-refractivity contribution in [3.63, 3.8) is 0 Å². The predicted molar refractivity (Wildman–Crippen MR) is 101 cm³/mol. The molecule has 1 atom stereocenters. The van der Waals surface area contributed by atoms with Crippen molar-refractivity contribution in [1.82, 2.24) is 14.9 Å². The molecule has 1 aliphatic rings. The third kappa shape index (κ3) is 3.79. The molecular formula is C21H21N3O3. The van der Waals surface area contributed by atoms with Gasteiger partial charge in [0.15, 0.2) is 11.5 Å². The van der Waals surface area contributed by atoms with Gasteiger partial charge in [0.1, 0.15) is 25.1 Å². The van der Waals surface area contributed by atoms with Gasteiger partial charge in [0.2, 0.25) is 5.91 Å². The summed E-state index contributed by atoms with van der Waals surface area (Å²) in [5, 5.41) is 3.11. The third-order valence-corrected chi connectivity index (χ3v) is 4.53. The number of carbonyl (C=O) groups excluding carboxylic acids is 1.